The second-order valence-corrected chi connectivity index (χ2v) is 8.24. The maximum atomic E-state index is 12.0. The fourth-order valence-corrected chi connectivity index (χ4v) is 2.99. The van der Waals surface area contributed by atoms with E-state index in [1.807, 2.05) is 0 Å². The van der Waals surface area contributed by atoms with Gasteiger partial charge in [0.05, 0.1) is 6.61 Å². The minimum atomic E-state index is -3.12. The first-order valence-corrected chi connectivity index (χ1v) is 9.38. The normalized spacial score (nSPS) is 33.2. The summed E-state index contributed by atoms with van der Waals surface area (Å²) >= 11 is 4.95. The Hall–Kier alpha value is 0.475. The molecule has 1 aliphatic heterocycles. The van der Waals surface area contributed by atoms with Gasteiger partial charge in [0.2, 0.25) is 0 Å². The van der Waals surface area contributed by atoms with Gasteiger partial charge in [-0.05, 0) is 19.1 Å². The molecule has 0 aromatic rings. The van der Waals surface area contributed by atoms with Crippen LogP contribution < -0.4 is 4.89 Å². The largest absolute Gasteiger partial charge is 0.801 e. The third-order valence-electron chi connectivity index (χ3n) is 2.96. The molecule has 0 aliphatic carbocycles. The molecule has 0 amide bonds. The van der Waals surface area contributed by atoms with E-state index in [0.29, 0.717) is 13.0 Å². The number of rotatable bonds is 9. The van der Waals surface area contributed by atoms with Crippen molar-refractivity contribution >= 4 is 26.1 Å². The molecule has 9 heteroatoms. The highest BCUT2D eigenvalue weighted by Gasteiger charge is 2.44. The number of aliphatic hydroxyl groups is 1. The Morgan fingerprint density at radius 1 is 1.45 bits per heavy atom. The SMILES string of the molecule is [B][C@@H]1O[C@H](COC)[C@H](OP([O-])(=S)CC)C1OCCCO. The van der Waals surface area contributed by atoms with Crippen LogP contribution in [0.15, 0.2) is 0 Å². The van der Waals surface area contributed by atoms with Crippen molar-refractivity contribution in [3.05, 3.63) is 0 Å². The van der Waals surface area contributed by atoms with Crippen LogP contribution in [-0.2, 0) is 30.5 Å². The number of methoxy groups -OCH3 is 1. The van der Waals surface area contributed by atoms with Gasteiger partial charge in [0.1, 0.15) is 26.2 Å². The monoisotopic (exact) mass is 323 g/mol. The number of aliphatic hydroxyl groups excluding tert-OH is 1. The van der Waals surface area contributed by atoms with E-state index < -0.39 is 30.8 Å². The van der Waals surface area contributed by atoms with Gasteiger partial charge in [-0.15, -0.1) is 0 Å². The third kappa shape index (κ3) is 5.35. The maximum absolute atomic E-state index is 12.0. The molecule has 1 N–H and O–H groups in total. The molecule has 0 bridgehead atoms. The predicted octanol–water partition coefficient (Wildman–Crippen LogP) is -0.631. The lowest BCUT2D eigenvalue weighted by Crippen LogP contribution is -2.39. The van der Waals surface area contributed by atoms with Crippen LogP contribution in [0.3, 0.4) is 0 Å². The molecule has 6 nitrogen and oxygen atoms in total. The van der Waals surface area contributed by atoms with Gasteiger partial charge in [0.25, 0.3) is 0 Å². The third-order valence-corrected chi connectivity index (χ3v) is 5.33. The van der Waals surface area contributed by atoms with Crippen molar-refractivity contribution in [3.63, 3.8) is 0 Å². The molecule has 116 valence electrons. The van der Waals surface area contributed by atoms with Crippen molar-refractivity contribution in [1.29, 1.82) is 0 Å². The lowest BCUT2D eigenvalue weighted by Gasteiger charge is -2.34. The molecule has 1 saturated heterocycles. The first-order valence-electron chi connectivity index (χ1n) is 6.56. The van der Waals surface area contributed by atoms with E-state index in [1.165, 1.54) is 7.11 Å². The second-order valence-electron chi connectivity index (χ2n) is 4.50. The van der Waals surface area contributed by atoms with Crippen LogP contribution in [0.1, 0.15) is 13.3 Å². The Balaban J connectivity index is 2.74. The quantitative estimate of drug-likeness (QED) is 0.344. The Morgan fingerprint density at radius 3 is 2.70 bits per heavy atom. The molecule has 1 aliphatic rings. The summed E-state index contributed by atoms with van der Waals surface area (Å²) in [5, 5.41) is 8.78. The molecule has 1 fully saturated rings. The van der Waals surface area contributed by atoms with Crippen LogP contribution in [0.5, 0.6) is 0 Å². The molecule has 20 heavy (non-hydrogen) atoms. The van der Waals surface area contributed by atoms with Crippen LogP contribution in [0.25, 0.3) is 0 Å². The minimum absolute atomic E-state index is 0.0182. The molecule has 1 rings (SSSR count). The lowest BCUT2D eigenvalue weighted by molar-refractivity contribution is -0.191. The van der Waals surface area contributed by atoms with Gasteiger partial charge >= 0.3 is 0 Å². The standard InChI is InChI=1S/C11H22BO6PS/c1-3-19(14,20)18-9-8(7-15-2)17-11(12)10(9)16-6-4-5-13/h8-11,13H,3-7H2,1-2H3,(H,14,20)/p-1/t8-,9+,10?,11-,19?/m1/s1. The highest BCUT2D eigenvalue weighted by Crippen LogP contribution is 2.42. The van der Waals surface area contributed by atoms with Crippen molar-refractivity contribution in [3.8, 4) is 0 Å². The van der Waals surface area contributed by atoms with Gasteiger partial charge < -0.3 is 28.7 Å². The van der Waals surface area contributed by atoms with E-state index in [9.17, 15) is 4.89 Å². The molecule has 1 heterocycles. The second kappa shape index (κ2) is 8.81. The molecule has 0 aromatic carbocycles. The minimum Gasteiger partial charge on any atom is -0.801 e. The van der Waals surface area contributed by atoms with Gasteiger partial charge in [-0.2, -0.15) is 0 Å². The first kappa shape index (κ1) is 18.5. The Bertz CT molecular complexity index is 334. The molecule has 2 radical (unpaired) electrons. The van der Waals surface area contributed by atoms with Gasteiger partial charge in [0, 0.05) is 26.3 Å². The van der Waals surface area contributed by atoms with Crippen LogP contribution in [0.4, 0.5) is 0 Å². The molecule has 2 unspecified atom stereocenters. The Kier molecular flexibility index (Phi) is 8.16. The van der Waals surface area contributed by atoms with Crippen molar-refractivity contribution < 1.29 is 28.7 Å². The van der Waals surface area contributed by atoms with Crippen molar-refractivity contribution in [1.82, 2.24) is 0 Å². The summed E-state index contributed by atoms with van der Waals surface area (Å²) in [5.74, 6) is 0. The first-order chi connectivity index (χ1) is 9.45. The summed E-state index contributed by atoms with van der Waals surface area (Å²) in [6.45, 7) is -0.842. The smallest absolute Gasteiger partial charge is 0.117 e. The number of hydrogen-bond acceptors (Lipinski definition) is 7. The fraction of sp³-hybridized carbons (Fsp3) is 1.00. The summed E-state index contributed by atoms with van der Waals surface area (Å²) in [6, 6.07) is -0.703. The molecule has 0 aromatic heterocycles. The number of hydrogen-bond donors (Lipinski definition) is 1. The van der Waals surface area contributed by atoms with Crippen LogP contribution >= 0.6 is 6.49 Å². The summed E-state index contributed by atoms with van der Waals surface area (Å²) < 4.78 is 21.7. The topological polar surface area (TPSA) is 80.2 Å². The Morgan fingerprint density at radius 2 is 2.15 bits per heavy atom. The Labute approximate surface area is 126 Å². The summed E-state index contributed by atoms with van der Waals surface area (Å²) in [6.07, 6.45) is -0.963. The average molecular weight is 323 g/mol. The van der Waals surface area contributed by atoms with Gasteiger partial charge in [-0.25, -0.2) is 0 Å². The van der Waals surface area contributed by atoms with E-state index in [2.05, 4.69) is 0 Å². The van der Waals surface area contributed by atoms with E-state index in [0.717, 1.165) is 0 Å². The van der Waals surface area contributed by atoms with Gasteiger partial charge in [0.15, 0.2) is 0 Å². The molecular weight excluding hydrogens is 302 g/mol. The average Bonchev–Trinajstić information content (AvgIpc) is 2.67. The van der Waals surface area contributed by atoms with E-state index >= 15 is 0 Å². The molecule has 0 saturated carbocycles. The van der Waals surface area contributed by atoms with Crippen LogP contribution in [-0.4, -0.2) is 70.4 Å². The highest BCUT2D eigenvalue weighted by molar-refractivity contribution is 8.08. The zero-order chi connectivity index (χ0) is 15.2. The summed E-state index contributed by atoms with van der Waals surface area (Å²) in [4.78, 5) is 12.0. The van der Waals surface area contributed by atoms with Gasteiger partial charge in [-0.1, -0.05) is 18.7 Å². The van der Waals surface area contributed by atoms with Crippen molar-refractivity contribution in [2.24, 2.45) is 0 Å². The zero-order valence-corrected chi connectivity index (χ0v) is 13.5. The van der Waals surface area contributed by atoms with Gasteiger partial charge in [-0.3, -0.25) is 0 Å². The predicted molar refractivity (Wildman–Crippen MR) is 77.4 cm³/mol. The maximum Gasteiger partial charge on any atom is 0.117 e. The van der Waals surface area contributed by atoms with Crippen molar-refractivity contribution in [2.45, 2.75) is 37.7 Å². The zero-order valence-electron chi connectivity index (χ0n) is 11.8. The van der Waals surface area contributed by atoms with Crippen LogP contribution in [0, 0.1) is 0 Å². The molecular formula is C11H21BO6PS-. The van der Waals surface area contributed by atoms with E-state index in [4.69, 9.17) is 43.5 Å². The van der Waals surface area contributed by atoms with Crippen molar-refractivity contribution in [2.75, 3.05) is 33.1 Å². The molecule has 5 atom stereocenters. The fourth-order valence-electron chi connectivity index (χ4n) is 1.92. The molecule has 0 spiro atoms. The van der Waals surface area contributed by atoms with Crippen LogP contribution in [0.2, 0.25) is 0 Å². The highest BCUT2D eigenvalue weighted by atomic mass is 32.5. The van der Waals surface area contributed by atoms with E-state index in [-0.39, 0.29) is 19.4 Å². The lowest BCUT2D eigenvalue weighted by atomic mass is 9.93. The van der Waals surface area contributed by atoms with E-state index in [1.54, 1.807) is 6.92 Å². The number of ether oxygens (including phenoxy) is 3. The summed E-state index contributed by atoms with van der Waals surface area (Å²) in [7, 11) is 7.39. The summed E-state index contributed by atoms with van der Waals surface area (Å²) in [5.41, 5.74) is 0.